The van der Waals surface area contributed by atoms with Crippen molar-refractivity contribution in [3.8, 4) is 0 Å². The Morgan fingerprint density at radius 2 is 1.86 bits per heavy atom. The molecule has 0 bridgehead atoms. The Morgan fingerprint density at radius 1 is 1.11 bits per heavy atom. The van der Waals surface area contributed by atoms with Gasteiger partial charge in [-0.3, -0.25) is 14.9 Å². The van der Waals surface area contributed by atoms with Crippen molar-refractivity contribution in [2.75, 3.05) is 45.9 Å². The average molecular weight is 386 g/mol. The SMILES string of the molecule is O=C1CN(CC(=O)N2CCO[C@@H](CN3CCCC3)[C@@H]2c2ccccc2)C(=O)N1. The van der Waals surface area contributed by atoms with E-state index in [1.165, 1.54) is 17.7 Å². The zero-order valence-electron chi connectivity index (χ0n) is 15.9. The maximum Gasteiger partial charge on any atom is 0.325 e. The molecule has 8 heteroatoms. The summed E-state index contributed by atoms with van der Waals surface area (Å²) >= 11 is 0. The predicted molar refractivity (Wildman–Crippen MR) is 101 cm³/mol. The number of likely N-dealkylation sites (tertiary alicyclic amines) is 1. The summed E-state index contributed by atoms with van der Waals surface area (Å²) in [7, 11) is 0. The van der Waals surface area contributed by atoms with Gasteiger partial charge in [-0.1, -0.05) is 30.3 Å². The van der Waals surface area contributed by atoms with E-state index in [1.54, 1.807) is 0 Å². The van der Waals surface area contributed by atoms with Crippen LogP contribution in [-0.4, -0.2) is 84.5 Å². The first kappa shape index (κ1) is 18.9. The molecule has 8 nitrogen and oxygen atoms in total. The molecule has 3 aliphatic rings. The highest BCUT2D eigenvalue weighted by Crippen LogP contribution is 2.31. The van der Waals surface area contributed by atoms with E-state index in [0.29, 0.717) is 13.2 Å². The Balaban J connectivity index is 1.54. The number of amides is 4. The molecule has 3 saturated heterocycles. The minimum atomic E-state index is -0.503. The van der Waals surface area contributed by atoms with E-state index in [-0.39, 0.29) is 37.0 Å². The molecule has 0 aliphatic carbocycles. The van der Waals surface area contributed by atoms with Gasteiger partial charge in [0.05, 0.1) is 18.8 Å². The van der Waals surface area contributed by atoms with Crippen LogP contribution in [0, 0.1) is 0 Å². The maximum atomic E-state index is 13.1. The highest BCUT2D eigenvalue weighted by atomic mass is 16.5. The van der Waals surface area contributed by atoms with Crippen molar-refractivity contribution in [3.63, 3.8) is 0 Å². The number of rotatable bonds is 5. The molecule has 28 heavy (non-hydrogen) atoms. The van der Waals surface area contributed by atoms with Gasteiger partial charge in [0.2, 0.25) is 11.8 Å². The van der Waals surface area contributed by atoms with Gasteiger partial charge >= 0.3 is 6.03 Å². The Hall–Kier alpha value is -2.45. The minimum absolute atomic E-state index is 0.0673. The highest BCUT2D eigenvalue weighted by molar-refractivity contribution is 6.03. The molecule has 2 atom stereocenters. The lowest BCUT2D eigenvalue weighted by Gasteiger charge is -2.43. The molecule has 1 aromatic rings. The number of nitrogens with one attached hydrogen (secondary N) is 1. The van der Waals surface area contributed by atoms with Gasteiger partial charge < -0.3 is 19.4 Å². The van der Waals surface area contributed by atoms with E-state index in [1.807, 2.05) is 35.2 Å². The van der Waals surface area contributed by atoms with Crippen LogP contribution in [0.15, 0.2) is 30.3 Å². The van der Waals surface area contributed by atoms with Crippen LogP contribution in [0.5, 0.6) is 0 Å². The third-order valence-corrected chi connectivity index (χ3v) is 5.64. The van der Waals surface area contributed by atoms with Crippen molar-refractivity contribution >= 4 is 17.8 Å². The number of ether oxygens (including phenoxy) is 1. The molecule has 1 N–H and O–H groups in total. The first-order valence-electron chi connectivity index (χ1n) is 9.89. The number of carbonyl (C=O) groups is 3. The van der Waals surface area contributed by atoms with Gasteiger partial charge in [0, 0.05) is 13.1 Å². The summed E-state index contributed by atoms with van der Waals surface area (Å²) in [5, 5.41) is 2.22. The Bertz CT molecular complexity index is 735. The van der Waals surface area contributed by atoms with Crippen LogP contribution >= 0.6 is 0 Å². The zero-order chi connectivity index (χ0) is 19.5. The lowest BCUT2D eigenvalue weighted by Crippen LogP contribution is -2.53. The minimum Gasteiger partial charge on any atom is -0.373 e. The Kier molecular flexibility index (Phi) is 5.59. The quantitative estimate of drug-likeness (QED) is 0.750. The fourth-order valence-corrected chi connectivity index (χ4v) is 4.30. The predicted octanol–water partition coefficient (Wildman–Crippen LogP) is 0.603. The number of imide groups is 1. The van der Waals surface area contributed by atoms with Gasteiger partial charge in [0.15, 0.2) is 0 Å². The van der Waals surface area contributed by atoms with Crippen LogP contribution in [0.1, 0.15) is 24.4 Å². The summed E-state index contributed by atoms with van der Waals surface area (Å²) in [4.78, 5) is 41.8. The van der Waals surface area contributed by atoms with E-state index < -0.39 is 6.03 Å². The summed E-state index contributed by atoms with van der Waals surface area (Å²) in [6, 6.07) is 9.21. The molecule has 4 rings (SSSR count). The number of hydrogen-bond donors (Lipinski definition) is 1. The fourth-order valence-electron chi connectivity index (χ4n) is 4.30. The lowest BCUT2D eigenvalue weighted by molar-refractivity contribution is -0.148. The van der Waals surface area contributed by atoms with Crippen LogP contribution in [0.4, 0.5) is 4.79 Å². The molecule has 0 spiro atoms. The summed E-state index contributed by atoms with van der Waals surface area (Å²) in [6.45, 7) is 3.68. The molecule has 0 saturated carbocycles. The van der Waals surface area contributed by atoms with Crippen LogP contribution in [0.2, 0.25) is 0 Å². The molecule has 1 aromatic carbocycles. The van der Waals surface area contributed by atoms with Gasteiger partial charge in [-0.2, -0.15) is 0 Å². The van der Waals surface area contributed by atoms with E-state index >= 15 is 0 Å². The second-order valence-corrected chi connectivity index (χ2v) is 7.57. The molecular weight excluding hydrogens is 360 g/mol. The maximum absolute atomic E-state index is 13.1. The number of hydrogen-bond acceptors (Lipinski definition) is 5. The average Bonchev–Trinajstić information content (AvgIpc) is 3.31. The van der Waals surface area contributed by atoms with Crippen LogP contribution in [0.25, 0.3) is 0 Å². The first-order chi connectivity index (χ1) is 13.6. The molecule has 0 radical (unpaired) electrons. The number of carbonyl (C=O) groups excluding carboxylic acids is 3. The van der Waals surface area contributed by atoms with Crippen LogP contribution in [0.3, 0.4) is 0 Å². The largest absolute Gasteiger partial charge is 0.373 e. The van der Waals surface area contributed by atoms with E-state index in [9.17, 15) is 14.4 Å². The smallest absolute Gasteiger partial charge is 0.325 e. The van der Waals surface area contributed by atoms with Crippen LogP contribution in [-0.2, 0) is 14.3 Å². The molecule has 3 fully saturated rings. The van der Waals surface area contributed by atoms with Crippen molar-refractivity contribution in [2.24, 2.45) is 0 Å². The summed E-state index contributed by atoms with van der Waals surface area (Å²) in [5.41, 5.74) is 1.03. The topological polar surface area (TPSA) is 82.2 Å². The van der Waals surface area contributed by atoms with E-state index in [0.717, 1.165) is 25.2 Å². The Labute approximate surface area is 164 Å². The molecule has 150 valence electrons. The second-order valence-electron chi connectivity index (χ2n) is 7.57. The zero-order valence-corrected chi connectivity index (χ0v) is 15.9. The second kappa shape index (κ2) is 8.28. The van der Waals surface area contributed by atoms with Gasteiger partial charge in [-0.05, 0) is 31.5 Å². The third-order valence-electron chi connectivity index (χ3n) is 5.64. The molecule has 4 amide bonds. The van der Waals surface area contributed by atoms with Crippen molar-refractivity contribution in [1.29, 1.82) is 0 Å². The normalized spacial score (nSPS) is 26.0. The van der Waals surface area contributed by atoms with Crippen molar-refractivity contribution in [2.45, 2.75) is 25.0 Å². The van der Waals surface area contributed by atoms with Crippen molar-refractivity contribution in [1.82, 2.24) is 20.0 Å². The van der Waals surface area contributed by atoms with Crippen molar-refractivity contribution < 1.29 is 19.1 Å². The molecule has 3 aliphatic heterocycles. The highest BCUT2D eigenvalue weighted by Gasteiger charge is 2.39. The Morgan fingerprint density at radius 3 is 2.54 bits per heavy atom. The molecule has 0 aromatic heterocycles. The monoisotopic (exact) mass is 386 g/mol. The van der Waals surface area contributed by atoms with E-state index in [4.69, 9.17) is 4.74 Å². The standard InChI is InChI=1S/C20H26N4O4/c25-17-13-23(20(27)21-17)14-18(26)24-10-11-28-16(12-22-8-4-5-9-22)19(24)15-6-2-1-3-7-15/h1-3,6-7,16,19H,4-5,8-14H2,(H,21,25,27)/t16-,19-/m0/s1. The van der Waals surface area contributed by atoms with Gasteiger partial charge in [0.1, 0.15) is 13.1 Å². The number of nitrogens with zero attached hydrogens (tertiary/aromatic N) is 3. The molecular formula is C20H26N4O4. The van der Waals surface area contributed by atoms with Gasteiger partial charge in [-0.15, -0.1) is 0 Å². The first-order valence-corrected chi connectivity index (χ1v) is 9.89. The molecule has 3 heterocycles. The number of morpholine rings is 1. The summed E-state index contributed by atoms with van der Waals surface area (Å²) in [6.07, 6.45) is 2.28. The lowest BCUT2D eigenvalue weighted by atomic mass is 9.97. The summed E-state index contributed by atoms with van der Waals surface area (Å²) in [5.74, 6) is -0.528. The fraction of sp³-hybridized carbons (Fsp3) is 0.550. The molecule has 0 unspecified atom stereocenters. The number of urea groups is 1. The third kappa shape index (κ3) is 4.02. The summed E-state index contributed by atoms with van der Waals surface area (Å²) < 4.78 is 6.11. The van der Waals surface area contributed by atoms with Gasteiger partial charge in [0.25, 0.3) is 0 Å². The number of benzene rings is 1. The van der Waals surface area contributed by atoms with Crippen LogP contribution < -0.4 is 5.32 Å². The van der Waals surface area contributed by atoms with Crippen molar-refractivity contribution in [3.05, 3.63) is 35.9 Å². The van der Waals surface area contributed by atoms with E-state index in [2.05, 4.69) is 10.2 Å². The van der Waals surface area contributed by atoms with Gasteiger partial charge in [-0.25, -0.2) is 4.79 Å².